The Balaban J connectivity index is 1.71. The fraction of sp³-hybridized carbons (Fsp3) is 0.217. The first kappa shape index (κ1) is 20.2. The van der Waals surface area contributed by atoms with E-state index in [2.05, 4.69) is 46.5 Å². The van der Waals surface area contributed by atoms with Crippen LogP contribution < -0.4 is 20.3 Å². The summed E-state index contributed by atoms with van der Waals surface area (Å²) < 4.78 is 5.28. The molecular weight excluding hydrogens is 364 g/mol. The van der Waals surface area contributed by atoms with Crippen LogP contribution in [0.1, 0.15) is 24.3 Å². The van der Waals surface area contributed by atoms with Gasteiger partial charge in [-0.25, -0.2) is 0 Å². The molecule has 2 N–H and O–H groups in total. The Labute approximate surface area is 171 Å². The molecule has 3 aromatic rings. The maximum absolute atomic E-state index is 12.6. The van der Waals surface area contributed by atoms with Crippen molar-refractivity contribution in [1.82, 2.24) is 4.98 Å². The van der Waals surface area contributed by atoms with E-state index < -0.39 is 0 Å². The van der Waals surface area contributed by atoms with Crippen LogP contribution in [0.25, 0.3) is 0 Å². The number of methoxy groups -OCH3 is 1. The Morgan fingerprint density at radius 3 is 2.41 bits per heavy atom. The standard InChI is InChI=1S/C23H26N4O2/c1-4-27(5-2)19-12-10-17(11-13-19)25-18-14-15-24-21(16-18)23(28)26-20-8-6-7-9-22(20)29-3/h6-16H,4-5H2,1-3H3,(H,24,25)(H,26,28). The van der Waals surface area contributed by atoms with Crippen molar-refractivity contribution < 1.29 is 9.53 Å². The number of rotatable bonds is 8. The molecule has 0 radical (unpaired) electrons. The molecule has 2 aromatic carbocycles. The third kappa shape index (κ3) is 5.04. The monoisotopic (exact) mass is 390 g/mol. The van der Waals surface area contributed by atoms with Gasteiger partial charge in [0.25, 0.3) is 5.91 Å². The average Bonchev–Trinajstić information content (AvgIpc) is 2.76. The highest BCUT2D eigenvalue weighted by atomic mass is 16.5. The lowest BCUT2D eigenvalue weighted by atomic mass is 10.2. The van der Waals surface area contributed by atoms with E-state index in [1.54, 1.807) is 31.5 Å². The Bertz CT molecular complexity index is 953. The number of ether oxygens (including phenoxy) is 1. The van der Waals surface area contributed by atoms with Gasteiger partial charge in [-0.2, -0.15) is 0 Å². The second kappa shape index (κ2) is 9.59. The van der Waals surface area contributed by atoms with Gasteiger partial charge < -0.3 is 20.3 Å². The highest BCUT2D eigenvalue weighted by Crippen LogP contribution is 2.24. The number of nitrogens with one attached hydrogen (secondary N) is 2. The van der Waals surface area contributed by atoms with E-state index in [-0.39, 0.29) is 5.91 Å². The van der Waals surface area contributed by atoms with Crippen LogP contribution in [-0.4, -0.2) is 31.1 Å². The van der Waals surface area contributed by atoms with Gasteiger partial charge in [0.2, 0.25) is 0 Å². The van der Waals surface area contributed by atoms with Crippen LogP contribution in [0, 0.1) is 0 Å². The molecule has 1 amide bonds. The minimum absolute atomic E-state index is 0.296. The van der Waals surface area contributed by atoms with Crippen molar-refractivity contribution in [3.8, 4) is 5.75 Å². The largest absolute Gasteiger partial charge is 0.495 e. The minimum Gasteiger partial charge on any atom is -0.495 e. The van der Waals surface area contributed by atoms with E-state index in [1.165, 1.54) is 5.69 Å². The molecule has 3 rings (SSSR count). The zero-order valence-corrected chi connectivity index (χ0v) is 17.0. The highest BCUT2D eigenvalue weighted by molar-refractivity contribution is 6.04. The predicted octanol–water partition coefficient (Wildman–Crippen LogP) is 4.93. The van der Waals surface area contributed by atoms with Gasteiger partial charge in [-0.3, -0.25) is 9.78 Å². The molecule has 0 saturated heterocycles. The number of nitrogens with zero attached hydrogens (tertiary/aromatic N) is 2. The summed E-state index contributed by atoms with van der Waals surface area (Å²) in [6, 6.07) is 19.1. The lowest BCUT2D eigenvalue weighted by Gasteiger charge is -2.21. The number of para-hydroxylation sites is 2. The summed E-state index contributed by atoms with van der Waals surface area (Å²) in [5, 5.41) is 6.17. The quantitative estimate of drug-likeness (QED) is 0.571. The fourth-order valence-corrected chi connectivity index (χ4v) is 3.08. The SMILES string of the molecule is CCN(CC)c1ccc(Nc2ccnc(C(=O)Nc3ccccc3OC)c2)cc1. The van der Waals surface area contributed by atoms with Crippen molar-refractivity contribution in [3.05, 3.63) is 72.6 Å². The van der Waals surface area contributed by atoms with Crippen LogP contribution in [0.4, 0.5) is 22.7 Å². The zero-order chi connectivity index (χ0) is 20.6. The Hall–Kier alpha value is -3.54. The number of carbonyl (C=O) groups is 1. The third-order valence-electron chi connectivity index (χ3n) is 4.63. The molecule has 0 bridgehead atoms. The van der Waals surface area contributed by atoms with Crippen molar-refractivity contribution in [2.45, 2.75) is 13.8 Å². The molecule has 0 aliphatic heterocycles. The van der Waals surface area contributed by atoms with Crippen molar-refractivity contribution in [3.63, 3.8) is 0 Å². The summed E-state index contributed by atoms with van der Waals surface area (Å²) in [6.07, 6.45) is 1.61. The van der Waals surface area contributed by atoms with E-state index in [9.17, 15) is 4.79 Å². The topological polar surface area (TPSA) is 66.5 Å². The summed E-state index contributed by atoms with van der Waals surface area (Å²) >= 11 is 0. The van der Waals surface area contributed by atoms with Crippen LogP contribution in [0.3, 0.4) is 0 Å². The first-order valence-electron chi connectivity index (χ1n) is 9.67. The molecule has 0 aliphatic carbocycles. The molecule has 1 aromatic heterocycles. The maximum Gasteiger partial charge on any atom is 0.274 e. The number of anilines is 4. The first-order chi connectivity index (χ1) is 14.1. The van der Waals surface area contributed by atoms with E-state index in [4.69, 9.17) is 4.74 Å². The molecule has 29 heavy (non-hydrogen) atoms. The van der Waals surface area contributed by atoms with E-state index in [0.717, 1.165) is 24.5 Å². The lowest BCUT2D eigenvalue weighted by Crippen LogP contribution is -2.21. The number of amides is 1. The summed E-state index contributed by atoms with van der Waals surface area (Å²) in [5.74, 6) is 0.304. The van der Waals surface area contributed by atoms with Crippen LogP contribution >= 0.6 is 0 Å². The predicted molar refractivity (Wildman–Crippen MR) is 118 cm³/mol. The molecule has 150 valence electrons. The molecular formula is C23H26N4O2. The summed E-state index contributed by atoms with van der Waals surface area (Å²) in [4.78, 5) is 19.1. The first-order valence-corrected chi connectivity index (χ1v) is 9.67. The number of aromatic nitrogens is 1. The van der Waals surface area contributed by atoms with Crippen LogP contribution in [0.5, 0.6) is 5.75 Å². The Morgan fingerprint density at radius 2 is 1.72 bits per heavy atom. The summed E-state index contributed by atoms with van der Waals surface area (Å²) in [7, 11) is 1.57. The summed E-state index contributed by atoms with van der Waals surface area (Å²) in [6.45, 7) is 6.23. The van der Waals surface area contributed by atoms with Gasteiger partial charge in [0, 0.05) is 36.3 Å². The zero-order valence-electron chi connectivity index (χ0n) is 17.0. The molecule has 0 aliphatic rings. The smallest absolute Gasteiger partial charge is 0.274 e. The maximum atomic E-state index is 12.6. The van der Waals surface area contributed by atoms with Gasteiger partial charge in [-0.1, -0.05) is 12.1 Å². The molecule has 0 unspecified atom stereocenters. The van der Waals surface area contributed by atoms with Gasteiger partial charge in [0.1, 0.15) is 11.4 Å². The van der Waals surface area contributed by atoms with E-state index >= 15 is 0 Å². The van der Waals surface area contributed by atoms with Gasteiger partial charge in [0.15, 0.2) is 0 Å². The van der Waals surface area contributed by atoms with Crippen molar-refractivity contribution in [1.29, 1.82) is 0 Å². The fourth-order valence-electron chi connectivity index (χ4n) is 3.08. The second-order valence-corrected chi connectivity index (χ2v) is 6.43. The van der Waals surface area contributed by atoms with E-state index in [0.29, 0.717) is 17.1 Å². The molecule has 0 saturated carbocycles. The van der Waals surface area contributed by atoms with Crippen LogP contribution in [0.2, 0.25) is 0 Å². The molecule has 1 heterocycles. The van der Waals surface area contributed by atoms with Gasteiger partial charge >= 0.3 is 0 Å². The lowest BCUT2D eigenvalue weighted by molar-refractivity contribution is 0.102. The van der Waals surface area contributed by atoms with E-state index in [1.807, 2.05) is 30.3 Å². The number of hydrogen-bond donors (Lipinski definition) is 2. The molecule has 0 spiro atoms. The number of hydrogen-bond acceptors (Lipinski definition) is 5. The van der Waals surface area contributed by atoms with Gasteiger partial charge in [0.05, 0.1) is 12.8 Å². The van der Waals surface area contributed by atoms with Crippen LogP contribution in [-0.2, 0) is 0 Å². The van der Waals surface area contributed by atoms with Crippen molar-refractivity contribution in [2.75, 3.05) is 35.7 Å². The van der Waals surface area contributed by atoms with Crippen molar-refractivity contribution in [2.24, 2.45) is 0 Å². The Morgan fingerprint density at radius 1 is 1.00 bits per heavy atom. The van der Waals surface area contributed by atoms with Crippen LogP contribution in [0.15, 0.2) is 66.9 Å². The minimum atomic E-state index is -0.296. The normalized spacial score (nSPS) is 10.3. The Kier molecular flexibility index (Phi) is 6.68. The third-order valence-corrected chi connectivity index (χ3v) is 4.63. The van der Waals surface area contributed by atoms with Gasteiger partial charge in [-0.15, -0.1) is 0 Å². The molecule has 6 heteroatoms. The molecule has 0 fully saturated rings. The number of pyridine rings is 1. The second-order valence-electron chi connectivity index (χ2n) is 6.43. The number of benzene rings is 2. The van der Waals surface area contributed by atoms with Crippen molar-refractivity contribution >= 4 is 28.7 Å². The molecule has 6 nitrogen and oxygen atoms in total. The average molecular weight is 390 g/mol. The number of carbonyl (C=O) groups excluding carboxylic acids is 1. The highest BCUT2D eigenvalue weighted by Gasteiger charge is 2.11. The molecule has 0 atom stereocenters. The summed E-state index contributed by atoms with van der Waals surface area (Å²) in [5.41, 5.74) is 3.85. The van der Waals surface area contributed by atoms with Gasteiger partial charge in [-0.05, 0) is 62.4 Å².